The number of nitrogens with one attached hydrogen (secondary N) is 1. The quantitative estimate of drug-likeness (QED) is 0.834. The molecule has 0 aromatic heterocycles. The lowest BCUT2D eigenvalue weighted by Gasteiger charge is -2.18. The van der Waals surface area contributed by atoms with Crippen LogP contribution in [0.1, 0.15) is 38.3 Å². The van der Waals surface area contributed by atoms with E-state index in [1.54, 1.807) is 0 Å². The van der Waals surface area contributed by atoms with Crippen LogP contribution in [0.5, 0.6) is 5.75 Å². The number of aliphatic hydroxyl groups is 1. The van der Waals surface area contributed by atoms with Gasteiger partial charge < -0.3 is 15.2 Å². The molecule has 4 heteroatoms. The number of hydrogen-bond acceptors (Lipinski definition) is 3. The maximum absolute atomic E-state index is 9.42. The van der Waals surface area contributed by atoms with Crippen molar-refractivity contribution in [3.8, 4) is 5.75 Å². The first kappa shape index (κ1) is 13.7. The normalized spacial score (nSPS) is 16.9. The number of halogens is 1. The van der Waals surface area contributed by atoms with Crippen molar-refractivity contribution in [3.63, 3.8) is 0 Å². The summed E-state index contributed by atoms with van der Waals surface area (Å²) in [4.78, 5) is 0. The van der Waals surface area contributed by atoms with Crippen LogP contribution >= 0.6 is 11.6 Å². The fraction of sp³-hybridized carbons (Fsp3) is 0.571. The van der Waals surface area contributed by atoms with Crippen molar-refractivity contribution in [1.82, 2.24) is 5.32 Å². The van der Waals surface area contributed by atoms with Crippen LogP contribution in [0.2, 0.25) is 5.02 Å². The Kier molecular flexibility index (Phi) is 4.49. The van der Waals surface area contributed by atoms with Gasteiger partial charge in [-0.25, -0.2) is 0 Å². The zero-order valence-corrected chi connectivity index (χ0v) is 11.6. The van der Waals surface area contributed by atoms with Gasteiger partial charge in [0.05, 0.1) is 23.8 Å². The summed E-state index contributed by atoms with van der Waals surface area (Å²) >= 11 is 6.19. The van der Waals surface area contributed by atoms with E-state index in [1.807, 2.05) is 32.0 Å². The number of ether oxygens (including phenoxy) is 1. The molecule has 1 aliphatic carbocycles. The highest BCUT2D eigenvalue weighted by atomic mass is 35.5. The van der Waals surface area contributed by atoms with Crippen molar-refractivity contribution in [2.24, 2.45) is 0 Å². The minimum absolute atomic E-state index is 0.0388. The number of hydrogen-bond donors (Lipinski definition) is 2. The summed E-state index contributed by atoms with van der Waals surface area (Å²) in [7, 11) is 0. The summed E-state index contributed by atoms with van der Waals surface area (Å²) in [5.41, 5.74) is 1.01. The molecule has 1 unspecified atom stereocenters. The Bertz CT molecular complexity index is 405. The second-order valence-electron chi connectivity index (χ2n) is 5.03. The smallest absolute Gasteiger partial charge is 0.138 e. The van der Waals surface area contributed by atoms with Crippen molar-refractivity contribution in [2.75, 3.05) is 6.61 Å². The van der Waals surface area contributed by atoms with E-state index in [2.05, 4.69) is 5.32 Å². The second-order valence-corrected chi connectivity index (χ2v) is 5.44. The fourth-order valence-corrected chi connectivity index (χ4v) is 2.11. The van der Waals surface area contributed by atoms with Crippen LogP contribution in [0.25, 0.3) is 0 Å². The average molecular weight is 270 g/mol. The Morgan fingerprint density at radius 1 is 1.44 bits per heavy atom. The first-order chi connectivity index (χ1) is 8.60. The van der Waals surface area contributed by atoms with E-state index >= 15 is 0 Å². The van der Waals surface area contributed by atoms with Gasteiger partial charge in [0, 0.05) is 6.04 Å². The number of benzene rings is 1. The maximum atomic E-state index is 9.42. The summed E-state index contributed by atoms with van der Waals surface area (Å²) in [6.07, 6.45) is 2.49. The third-order valence-corrected chi connectivity index (χ3v) is 3.21. The predicted octanol–water partition coefficient (Wildman–Crippen LogP) is 2.91. The van der Waals surface area contributed by atoms with Crippen LogP contribution in [0, 0.1) is 0 Å². The molecule has 1 aromatic carbocycles. The van der Waals surface area contributed by atoms with E-state index in [9.17, 15) is 5.11 Å². The van der Waals surface area contributed by atoms with E-state index in [0.29, 0.717) is 16.8 Å². The predicted molar refractivity (Wildman–Crippen MR) is 73.2 cm³/mol. The molecule has 3 nitrogen and oxygen atoms in total. The first-order valence-corrected chi connectivity index (χ1v) is 6.81. The zero-order chi connectivity index (χ0) is 13.1. The molecule has 1 saturated carbocycles. The summed E-state index contributed by atoms with van der Waals surface area (Å²) in [6, 6.07) is 6.21. The van der Waals surface area contributed by atoms with Gasteiger partial charge in [0.1, 0.15) is 5.75 Å². The van der Waals surface area contributed by atoms with Gasteiger partial charge in [-0.05, 0) is 44.4 Å². The van der Waals surface area contributed by atoms with Crippen molar-refractivity contribution in [2.45, 2.75) is 44.9 Å². The van der Waals surface area contributed by atoms with Crippen molar-refractivity contribution in [1.29, 1.82) is 0 Å². The molecule has 2 rings (SSSR count). The molecule has 1 atom stereocenters. The topological polar surface area (TPSA) is 41.5 Å². The van der Waals surface area contributed by atoms with Crippen molar-refractivity contribution >= 4 is 11.6 Å². The van der Waals surface area contributed by atoms with E-state index in [1.165, 1.54) is 12.8 Å². The van der Waals surface area contributed by atoms with Gasteiger partial charge in [0.2, 0.25) is 0 Å². The summed E-state index contributed by atoms with van der Waals surface area (Å²) in [5.74, 6) is 0.693. The van der Waals surface area contributed by atoms with Gasteiger partial charge in [0.15, 0.2) is 0 Å². The van der Waals surface area contributed by atoms with Gasteiger partial charge in [-0.2, -0.15) is 0 Å². The van der Waals surface area contributed by atoms with E-state index in [-0.39, 0.29) is 18.8 Å². The Hall–Kier alpha value is -0.770. The number of aliphatic hydroxyl groups excluding tert-OH is 1. The maximum Gasteiger partial charge on any atom is 0.138 e. The summed E-state index contributed by atoms with van der Waals surface area (Å²) in [5, 5.41) is 13.4. The van der Waals surface area contributed by atoms with Crippen LogP contribution in [-0.4, -0.2) is 23.9 Å². The molecule has 1 fully saturated rings. The van der Waals surface area contributed by atoms with Crippen LogP contribution in [0.3, 0.4) is 0 Å². The van der Waals surface area contributed by atoms with Crippen LogP contribution in [0.15, 0.2) is 18.2 Å². The SMILES string of the molecule is CC(C)Oc1ccc(C(CO)NC2CC2)cc1Cl. The Labute approximate surface area is 113 Å². The Morgan fingerprint density at radius 2 is 2.17 bits per heavy atom. The first-order valence-electron chi connectivity index (χ1n) is 6.43. The highest BCUT2D eigenvalue weighted by Gasteiger charge is 2.25. The molecule has 0 bridgehead atoms. The van der Waals surface area contributed by atoms with Gasteiger partial charge in [-0.3, -0.25) is 0 Å². The molecule has 1 aromatic rings. The van der Waals surface area contributed by atoms with Crippen LogP contribution in [0.4, 0.5) is 0 Å². The lowest BCUT2D eigenvalue weighted by atomic mass is 10.1. The lowest BCUT2D eigenvalue weighted by Crippen LogP contribution is -2.26. The highest BCUT2D eigenvalue weighted by Crippen LogP contribution is 2.30. The monoisotopic (exact) mass is 269 g/mol. The van der Waals surface area contributed by atoms with Crippen molar-refractivity contribution < 1.29 is 9.84 Å². The van der Waals surface area contributed by atoms with E-state index < -0.39 is 0 Å². The Balaban J connectivity index is 2.10. The molecule has 0 radical (unpaired) electrons. The van der Waals surface area contributed by atoms with Gasteiger partial charge in [-0.15, -0.1) is 0 Å². The van der Waals surface area contributed by atoms with E-state index in [4.69, 9.17) is 16.3 Å². The third kappa shape index (κ3) is 3.61. The van der Waals surface area contributed by atoms with Gasteiger partial charge in [-0.1, -0.05) is 17.7 Å². The summed E-state index contributed by atoms with van der Waals surface area (Å²) in [6.45, 7) is 4.02. The molecule has 0 saturated heterocycles. The van der Waals surface area contributed by atoms with E-state index in [0.717, 1.165) is 5.56 Å². The molecule has 2 N–H and O–H groups in total. The number of rotatable bonds is 6. The molecule has 18 heavy (non-hydrogen) atoms. The van der Waals surface area contributed by atoms with Crippen LogP contribution in [-0.2, 0) is 0 Å². The molecule has 0 amide bonds. The van der Waals surface area contributed by atoms with Gasteiger partial charge in [0.25, 0.3) is 0 Å². The standard InChI is InChI=1S/C14H20ClNO2/c1-9(2)18-14-6-3-10(7-12(14)15)13(8-17)16-11-4-5-11/h3,6-7,9,11,13,16-17H,4-5,8H2,1-2H3. The average Bonchev–Trinajstić information content (AvgIpc) is 3.12. The summed E-state index contributed by atoms with van der Waals surface area (Å²) < 4.78 is 5.59. The molecule has 0 heterocycles. The molecule has 0 spiro atoms. The van der Waals surface area contributed by atoms with Crippen molar-refractivity contribution in [3.05, 3.63) is 28.8 Å². The van der Waals surface area contributed by atoms with Gasteiger partial charge >= 0.3 is 0 Å². The minimum Gasteiger partial charge on any atom is -0.489 e. The minimum atomic E-state index is -0.0388. The molecular formula is C14H20ClNO2. The molecular weight excluding hydrogens is 250 g/mol. The second kappa shape index (κ2) is 5.91. The zero-order valence-electron chi connectivity index (χ0n) is 10.8. The lowest BCUT2D eigenvalue weighted by molar-refractivity contribution is 0.239. The van der Waals surface area contributed by atoms with Crippen LogP contribution < -0.4 is 10.1 Å². The fourth-order valence-electron chi connectivity index (χ4n) is 1.87. The Morgan fingerprint density at radius 3 is 2.67 bits per heavy atom. The highest BCUT2D eigenvalue weighted by molar-refractivity contribution is 6.32. The molecule has 1 aliphatic rings. The largest absolute Gasteiger partial charge is 0.489 e. The third-order valence-electron chi connectivity index (χ3n) is 2.92. The molecule has 0 aliphatic heterocycles. The molecule has 100 valence electrons.